The Bertz CT molecular complexity index is 80.5. The Kier molecular flexibility index (Phi) is 2.56. The summed E-state index contributed by atoms with van der Waals surface area (Å²) in [6, 6.07) is 0. The second-order valence-corrected chi connectivity index (χ2v) is 3.83. The van der Waals surface area contributed by atoms with Gasteiger partial charge in [0.25, 0.3) is 0 Å². The summed E-state index contributed by atoms with van der Waals surface area (Å²) in [5.74, 6) is 5.27. The maximum Gasteiger partial charge on any atom is 0.00536 e. The first kappa shape index (κ1) is 6.30. The van der Waals surface area contributed by atoms with Gasteiger partial charge < -0.3 is 0 Å². The Morgan fingerprint density at radius 2 is 2.12 bits per heavy atom. The molecule has 0 bridgehead atoms. The van der Waals surface area contributed by atoms with E-state index in [0.717, 1.165) is 0 Å². The Morgan fingerprint density at radius 1 is 1.25 bits per heavy atom. The first-order valence-electron chi connectivity index (χ1n) is 3.14. The summed E-state index contributed by atoms with van der Waals surface area (Å²) >= 11 is 0. The summed E-state index contributed by atoms with van der Waals surface area (Å²) < 4.78 is 3.36. The van der Waals surface area contributed by atoms with E-state index >= 15 is 0 Å². The second kappa shape index (κ2) is 3.25. The lowest BCUT2D eigenvalue weighted by Crippen LogP contribution is -2.04. The molecule has 0 spiro atoms. The van der Waals surface area contributed by atoms with E-state index in [1.54, 1.807) is 0 Å². The number of nitrogens with one attached hydrogen (secondary N) is 1. The van der Waals surface area contributed by atoms with Crippen LogP contribution < -0.4 is 4.72 Å². The molecule has 8 heavy (non-hydrogen) atoms. The third-order valence-corrected chi connectivity index (χ3v) is 2.77. The van der Waals surface area contributed by atoms with Crippen molar-refractivity contribution in [1.82, 2.24) is 4.72 Å². The van der Waals surface area contributed by atoms with Crippen LogP contribution >= 0.6 is 10.7 Å². The fraction of sp³-hybridized carbons (Fsp3) is 0.833. The molecule has 1 unspecified atom stereocenters. The molecule has 0 saturated carbocycles. The monoisotopic (exact) mass is 131 g/mol. The topological polar surface area (TPSA) is 12.0 Å². The number of rotatable bonds is 0. The van der Waals surface area contributed by atoms with E-state index in [4.69, 9.17) is 0 Å². The van der Waals surface area contributed by atoms with Crippen LogP contribution in [0.3, 0.4) is 0 Å². The largest absolute Gasteiger partial charge is 0.270 e. The van der Waals surface area contributed by atoms with Gasteiger partial charge >= 0.3 is 0 Å². The summed E-state index contributed by atoms with van der Waals surface area (Å²) in [5, 5.41) is 0. The van der Waals surface area contributed by atoms with Crippen LogP contribution in [0.15, 0.2) is 0 Å². The number of hydrogen-bond donors (Lipinski definition) is 1. The number of hydrogen-bond acceptors (Lipinski definition) is 1. The summed E-state index contributed by atoms with van der Waals surface area (Å²) in [5.41, 5.74) is 0. The molecule has 1 nitrogen and oxygen atoms in total. The fourth-order valence-electron chi connectivity index (χ4n) is 0.867. The molecule has 1 rings (SSSR count). The molecule has 1 aliphatic rings. The van der Waals surface area contributed by atoms with Gasteiger partial charge in [0.2, 0.25) is 0 Å². The molecular formula is C6H13NS. The van der Waals surface area contributed by atoms with Crippen molar-refractivity contribution in [1.29, 1.82) is 0 Å². The smallest absolute Gasteiger partial charge is 0.00536 e. The van der Waals surface area contributed by atoms with E-state index in [2.05, 4.69) is 10.6 Å². The van der Waals surface area contributed by atoms with Crippen LogP contribution in [-0.2, 0) is 0 Å². The van der Waals surface area contributed by atoms with Gasteiger partial charge in [-0.1, -0.05) is 12.3 Å². The van der Waals surface area contributed by atoms with E-state index < -0.39 is 0 Å². The van der Waals surface area contributed by atoms with Gasteiger partial charge in [0.1, 0.15) is 0 Å². The molecule has 1 fully saturated rings. The van der Waals surface area contributed by atoms with Gasteiger partial charge in [0.15, 0.2) is 0 Å². The molecule has 0 aromatic rings. The molecule has 1 atom stereocenters. The van der Waals surface area contributed by atoms with Crippen LogP contribution in [0.25, 0.3) is 0 Å². The maximum atomic E-state index is 3.97. The molecule has 1 N–H and O–H groups in total. The third kappa shape index (κ3) is 1.97. The highest BCUT2D eigenvalue weighted by atomic mass is 32.2. The zero-order chi connectivity index (χ0) is 5.82. The Balaban J connectivity index is 2.27. The van der Waals surface area contributed by atoms with Crippen molar-refractivity contribution < 1.29 is 0 Å². The summed E-state index contributed by atoms with van der Waals surface area (Å²) in [7, 11) is 0.292. The Labute approximate surface area is 53.5 Å². The van der Waals surface area contributed by atoms with E-state index in [0.29, 0.717) is 10.7 Å². The molecule has 1 saturated heterocycles. The molecular weight excluding hydrogens is 118 g/mol. The highest BCUT2D eigenvalue weighted by Crippen LogP contribution is 2.12. The van der Waals surface area contributed by atoms with Crippen molar-refractivity contribution in [3.05, 3.63) is 0 Å². The average Bonchev–Trinajstić information content (AvgIpc) is 1.94. The van der Waals surface area contributed by atoms with Crippen LogP contribution in [0.2, 0.25) is 0 Å². The lowest BCUT2D eigenvalue weighted by molar-refractivity contribution is 0.733. The van der Waals surface area contributed by atoms with Gasteiger partial charge in [-0.3, -0.25) is 4.72 Å². The standard InChI is InChI=1S/C6H13NS/c1-8-6-4-2-3-5-7-8/h7H,1-6H2. The van der Waals surface area contributed by atoms with Crippen molar-refractivity contribution in [2.24, 2.45) is 0 Å². The minimum absolute atomic E-state index is 0.292. The fourth-order valence-corrected chi connectivity index (χ4v) is 2.00. The van der Waals surface area contributed by atoms with Gasteiger partial charge in [-0.25, -0.2) is 0 Å². The van der Waals surface area contributed by atoms with E-state index in [-0.39, 0.29) is 0 Å². The predicted octanol–water partition coefficient (Wildman–Crippen LogP) is 1.38. The van der Waals surface area contributed by atoms with Crippen LogP contribution in [0.4, 0.5) is 0 Å². The zero-order valence-corrected chi connectivity index (χ0v) is 5.97. The van der Waals surface area contributed by atoms with Crippen molar-refractivity contribution in [3.63, 3.8) is 0 Å². The summed E-state index contributed by atoms with van der Waals surface area (Å²) in [6.45, 7) is 1.19. The van der Waals surface area contributed by atoms with Gasteiger partial charge in [-0.05, 0) is 12.8 Å². The van der Waals surface area contributed by atoms with Crippen molar-refractivity contribution in [2.75, 3.05) is 12.3 Å². The minimum Gasteiger partial charge on any atom is -0.270 e. The molecule has 2 heteroatoms. The van der Waals surface area contributed by atoms with Crippen molar-refractivity contribution in [3.8, 4) is 0 Å². The molecule has 0 amide bonds. The lowest BCUT2D eigenvalue weighted by atomic mass is 10.3. The molecule has 0 aliphatic carbocycles. The third-order valence-electron chi connectivity index (χ3n) is 1.37. The molecule has 1 heterocycles. The quantitative estimate of drug-likeness (QED) is 0.490. The first-order valence-corrected chi connectivity index (χ1v) is 4.70. The maximum absolute atomic E-state index is 3.97. The molecule has 0 radical (unpaired) electrons. The Hall–Kier alpha value is 0.180. The van der Waals surface area contributed by atoms with Crippen LogP contribution in [0.1, 0.15) is 19.3 Å². The Morgan fingerprint density at radius 3 is 3.00 bits per heavy atom. The molecule has 0 aromatic heterocycles. The van der Waals surface area contributed by atoms with Gasteiger partial charge in [-0.15, -0.1) is 10.7 Å². The van der Waals surface area contributed by atoms with Crippen molar-refractivity contribution >= 4 is 16.5 Å². The SMILES string of the molecule is C=S1CCCCCN1. The van der Waals surface area contributed by atoms with E-state index in [1.165, 1.54) is 31.6 Å². The minimum atomic E-state index is 0.292. The van der Waals surface area contributed by atoms with E-state index in [1.807, 2.05) is 0 Å². The first-order chi connectivity index (χ1) is 3.89. The lowest BCUT2D eigenvalue weighted by Gasteiger charge is -2.00. The molecule has 0 aromatic carbocycles. The van der Waals surface area contributed by atoms with Crippen LogP contribution in [-0.4, -0.2) is 18.2 Å². The van der Waals surface area contributed by atoms with Crippen molar-refractivity contribution in [2.45, 2.75) is 19.3 Å². The van der Waals surface area contributed by atoms with Gasteiger partial charge in [-0.2, -0.15) is 0 Å². The average molecular weight is 131 g/mol. The zero-order valence-electron chi connectivity index (χ0n) is 5.15. The normalized spacial score (nSPS) is 31.8. The van der Waals surface area contributed by atoms with Crippen LogP contribution in [0, 0.1) is 0 Å². The highest BCUT2D eigenvalue weighted by molar-refractivity contribution is 8.12. The molecule has 1 aliphatic heterocycles. The van der Waals surface area contributed by atoms with Gasteiger partial charge in [0.05, 0.1) is 0 Å². The van der Waals surface area contributed by atoms with E-state index in [9.17, 15) is 0 Å². The second-order valence-electron chi connectivity index (χ2n) is 2.15. The predicted molar refractivity (Wildman–Crippen MR) is 41.4 cm³/mol. The highest BCUT2D eigenvalue weighted by Gasteiger charge is 1.97. The summed E-state index contributed by atoms with van der Waals surface area (Å²) in [6.07, 6.45) is 4.12. The molecule has 48 valence electrons. The summed E-state index contributed by atoms with van der Waals surface area (Å²) in [4.78, 5) is 0. The van der Waals surface area contributed by atoms with Crippen LogP contribution in [0.5, 0.6) is 0 Å². The van der Waals surface area contributed by atoms with Gasteiger partial charge in [0, 0.05) is 12.3 Å².